The summed E-state index contributed by atoms with van der Waals surface area (Å²) < 4.78 is 1.80. The molecule has 1 amide bonds. The van der Waals surface area contributed by atoms with Gasteiger partial charge in [-0.3, -0.25) is 4.79 Å². The molecule has 0 aliphatic rings. The summed E-state index contributed by atoms with van der Waals surface area (Å²) in [6.07, 6.45) is 1.70. The van der Waals surface area contributed by atoms with Gasteiger partial charge < -0.3 is 5.32 Å². The summed E-state index contributed by atoms with van der Waals surface area (Å²) in [5.41, 5.74) is 5.19. The van der Waals surface area contributed by atoms with Gasteiger partial charge in [-0.1, -0.05) is 47.0 Å². The Morgan fingerprint density at radius 3 is 2.29 bits per heavy atom. The number of aromatic nitrogens is 2. The van der Waals surface area contributed by atoms with Crippen molar-refractivity contribution in [3.8, 4) is 0 Å². The summed E-state index contributed by atoms with van der Waals surface area (Å²) in [7, 11) is 0. The number of carbonyl (C=O) groups excluding carboxylic acids is 1. The number of nitrogens with one attached hydrogen (secondary N) is 1. The van der Waals surface area contributed by atoms with Crippen LogP contribution in [-0.4, -0.2) is 15.7 Å². The van der Waals surface area contributed by atoms with E-state index in [1.165, 1.54) is 5.56 Å². The predicted molar refractivity (Wildman–Crippen MR) is 96.4 cm³/mol. The Morgan fingerprint density at radius 2 is 1.62 bits per heavy atom. The third-order valence-electron chi connectivity index (χ3n) is 3.89. The fraction of sp³-hybridized carbons (Fsp3) is 0.200. The van der Waals surface area contributed by atoms with E-state index in [1.54, 1.807) is 10.9 Å². The quantitative estimate of drug-likeness (QED) is 0.786. The Morgan fingerprint density at radius 1 is 0.958 bits per heavy atom. The second kappa shape index (κ2) is 6.71. The number of benzene rings is 2. The first kappa shape index (κ1) is 16.0. The second-order valence-corrected chi connectivity index (χ2v) is 6.19. The van der Waals surface area contributed by atoms with Gasteiger partial charge in [0.15, 0.2) is 0 Å². The normalized spacial score (nSPS) is 10.6. The maximum atomic E-state index is 12.5. The van der Waals surface area contributed by atoms with Crippen molar-refractivity contribution >= 4 is 11.7 Å². The van der Waals surface area contributed by atoms with E-state index < -0.39 is 0 Å². The monoisotopic (exact) mass is 319 g/mol. The fourth-order valence-electron chi connectivity index (χ4n) is 2.73. The summed E-state index contributed by atoms with van der Waals surface area (Å²) in [5, 5.41) is 7.27. The minimum atomic E-state index is -0.118. The highest BCUT2D eigenvalue weighted by Crippen LogP contribution is 2.14. The molecule has 122 valence electrons. The number of rotatable bonds is 4. The third-order valence-corrected chi connectivity index (χ3v) is 3.89. The first-order chi connectivity index (χ1) is 11.5. The van der Waals surface area contributed by atoms with E-state index in [4.69, 9.17) is 0 Å². The van der Waals surface area contributed by atoms with E-state index >= 15 is 0 Å². The Kier molecular flexibility index (Phi) is 4.47. The van der Waals surface area contributed by atoms with Crippen molar-refractivity contribution in [1.82, 2.24) is 9.78 Å². The molecule has 0 saturated heterocycles. The van der Waals surface area contributed by atoms with Gasteiger partial charge in [0.25, 0.3) is 5.91 Å². The average molecular weight is 319 g/mol. The molecule has 3 rings (SSSR count). The predicted octanol–water partition coefficient (Wildman–Crippen LogP) is 4.11. The number of hydrogen-bond acceptors (Lipinski definition) is 2. The van der Waals surface area contributed by atoms with Gasteiger partial charge in [-0.05, 0) is 38.5 Å². The van der Waals surface area contributed by atoms with Gasteiger partial charge >= 0.3 is 0 Å². The van der Waals surface area contributed by atoms with Gasteiger partial charge in [-0.2, -0.15) is 5.10 Å². The molecule has 0 atom stereocenters. The Balaban J connectivity index is 1.77. The molecule has 0 aliphatic heterocycles. The number of carbonyl (C=O) groups is 1. The molecular formula is C20H21N3O. The summed E-state index contributed by atoms with van der Waals surface area (Å²) >= 11 is 0. The molecule has 0 unspecified atom stereocenters. The maximum Gasteiger partial charge on any atom is 0.256 e. The Bertz CT molecular complexity index is 843. The number of aryl methyl sites for hydroxylation is 3. The summed E-state index contributed by atoms with van der Waals surface area (Å²) in [4.78, 5) is 12.5. The number of anilines is 1. The standard InChI is InChI=1S/C20H21N3O/c1-14-4-6-17(7-5-14)13-23-19(8-9-21-23)22-20(24)18-11-15(2)10-16(3)12-18/h4-12H,13H2,1-3H3,(H,22,24). The van der Waals surface area contributed by atoms with Gasteiger partial charge in [0.1, 0.15) is 5.82 Å². The molecule has 0 spiro atoms. The van der Waals surface area contributed by atoms with Crippen LogP contribution in [-0.2, 0) is 6.54 Å². The van der Waals surface area contributed by atoms with Crippen LogP contribution in [0.25, 0.3) is 0 Å². The number of nitrogens with zero attached hydrogens (tertiary/aromatic N) is 2. The van der Waals surface area contributed by atoms with Crippen molar-refractivity contribution in [1.29, 1.82) is 0 Å². The van der Waals surface area contributed by atoms with Gasteiger partial charge in [0, 0.05) is 11.6 Å². The highest BCUT2D eigenvalue weighted by atomic mass is 16.1. The lowest BCUT2D eigenvalue weighted by molar-refractivity contribution is 0.102. The molecule has 1 heterocycles. The van der Waals surface area contributed by atoms with Crippen LogP contribution in [0.3, 0.4) is 0 Å². The molecule has 0 bridgehead atoms. The zero-order valence-electron chi connectivity index (χ0n) is 14.2. The lowest BCUT2D eigenvalue weighted by Crippen LogP contribution is -2.16. The lowest BCUT2D eigenvalue weighted by Gasteiger charge is -2.10. The van der Waals surface area contributed by atoms with E-state index in [2.05, 4.69) is 47.7 Å². The minimum absolute atomic E-state index is 0.118. The third kappa shape index (κ3) is 3.71. The SMILES string of the molecule is Cc1ccc(Cn2nccc2NC(=O)c2cc(C)cc(C)c2)cc1. The highest BCUT2D eigenvalue weighted by Gasteiger charge is 2.11. The first-order valence-corrected chi connectivity index (χ1v) is 7.98. The second-order valence-electron chi connectivity index (χ2n) is 6.19. The van der Waals surface area contributed by atoms with Crippen molar-refractivity contribution in [3.63, 3.8) is 0 Å². The largest absolute Gasteiger partial charge is 0.307 e. The molecule has 2 aromatic carbocycles. The molecule has 4 heteroatoms. The molecule has 0 radical (unpaired) electrons. The van der Waals surface area contributed by atoms with Crippen LogP contribution in [0.4, 0.5) is 5.82 Å². The summed E-state index contributed by atoms with van der Waals surface area (Å²) in [6, 6.07) is 16.0. The Labute approximate surface area is 142 Å². The zero-order valence-corrected chi connectivity index (χ0v) is 14.2. The van der Waals surface area contributed by atoms with Gasteiger partial charge in [0.05, 0.1) is 12.7 Å². The average Bonchev–Trinajstić information content (AvgIpc) is 2.95. The minimum Gasteiger partial charge on any atom is -0.307 e. The molecule has 0 fully saturated rings. The van der Waals surface area contributed by atoms with E-state index in [-0.39, 0.29) is 5.91 Å². The van der Waals surface area contributed by atoms with Crippen molar-refractivity contribution in [2.24, 2.45) is 0 Å². The van der Waals surface area contributed by atoms with Crippen LogP contribution < -0.4 is 5.32 Å². The fourth-order valence-corrected chi connectivity index (χ4v) is 2.73. The Hall–Kier alpha value is -2.88. The van der Waals surface area contributed by atoms with E-state index in [1.807, 2.05) is 32.0 Å². The van der Waals surface area contributed by atoms with Crippen LogP contribution in [0.2, 0.25) is 0 Å². The summed E-state index contributed by atoms with van der Waals surface area (Å²) in [5.74, 6) is 0.576. The van der Waals surface area contributed by atoms with E-state index in [0.29, 0.717) is 17.9 Å². The van der Waals surface area contributed by atoms with E-state index in [0.717, 1.165) is 16.7 Å². The molecule has 0 saturated carbocycles. The zero-order chi connectivity index (χ0) is 17.1. The van der Waals surface area contributed by atoms with Gasteiger partial charge in [-0.25, -0.2) is 4.68 Å². The highest BCUT2D eigenvalue weighted by molar-refractivity contribution is 6.04. The van der Waals surface area contributed by atoms with Crippen LogP contribution in [0.15, 0.2) is 54.7 Å². The van der Waals surface area contributed by atoms with Crippen LogP contribution >= 0.6 is 0 Å². The van der Waals surface area contributed by atoms with Crippen LogP contribution in [0.1, 0.15) is 32.6 Å². The number of amides is 1. The van der Waals surface area contributed by atoms with Gasteiger partial charge in [0.2, 0.25) is 0 Å². The molecule has 1 N–H and O–H groups in total. The topological polar surface area (TPSA) is 46.9 Å². The van der Waals surface area contributed by atoms with Crippen LogP contribution in [0, 0.1) is 20.8 Å². The molecule has 3 aromatic rings. The maximum absolute atomic E-state index is 12.5. The lowest BCUT2D eigenvalue weighted by atomic mass is 10.1. The summed E-state index contributed by atoms with van der Waals surface area (Å²) in [6.45, 7) is 6.67. The molecular weight excluding hydrogens is 298 g/mol. The van der Waals surface area contributed by atoms with Crippen molar-refractivity contribution in [3.05, 3.63) is 82.5 Å². The molecule has 1 aromatic heterocycles. The molecule has 0 aliphatic carbocycles. The van der Waals surface area contributed by atoms with Gasteiger partial charge in [-0.15, -0.1) is 0 Å². The van der Waals surface area contributed by atoms with Crippen molar-refractivity contribution < 1.29 is 4.79 Å². The van der Waals surface area contributed by atoms with Crippen LogP contribution in [0.5, 0.6) is 0 Å². The van der Waals surface area contributed by atoms with Crippen molar-refractivity contribution in [2.45, 2.75) is 27.3 Å². The van der Waals surface area contributed by atoms with Crippen molar-refractivity contribution in [2.75, 3.05) is 5.32 Å². The molecule has 24 heavy (non-hydrogen) atoms. The number of hydrogen-bond donors (Lipinski definition) is 1. The first-order valence-electron chi connectivity index (χ1n) is 7.98. The smallest absolute Gasteiger partial charge is 0.256 e. The molecule has 4 nitrogen and oxygen atoms in total. The van der Waals surface area contributed by atoms with E-state index in [9.17, 15) is 4.79 Å².